The van der Waals surface area contributed by atoms with Crippen molar-refractivity contribution in [3.8, 4) is 0 Å². The molecule has 16 heavy (non-hydrogen) atoms. The lowest BCUT2D eigenvalue weighted by Crippen LogP contribution is -2.21. The number of anilines is 2. The molecule has 0 saturated heterocycles. The first kappa shape index (κ1) is 9.21. The second-order valence-corrected chi connectivity index (χ2v) is 3.87. The van der Waals surface area contributed by atoms with E-state index >= 15 is 0 Å². The fourth-order valence-corrected chi connectivity index (χ4v) is 2.16. The van der Waals surface area contributed by atoms with E-state index in [0.717, 1.165) is 24.3 Å². The molecule has 1 aromatic heterocycles. The van der Waals surface area contributed by atoms with E-state index in [1.54, 1.807) is 0 Å². The Morgan fingerprint density at radius 2 is 2.38 bits per heavy atom. The van der Waals surface area contributed by atoms with Crippen LogP contribution in [-0.2, 0) is 13.0 Å². The molecule has 0 aliphatic carbocycles. The van der Waals surface area contributed by atoms with Crippen molar-refractivity contribution in [1.82, 2.24) is 10.1 Å². The molecule has 0 fully saturated rings. The maximum absolute atomic E-state index is 5.99. The van der Waals surface area contributed by atoms with Crippen molar-refractivity contribution in [3.63, 3.8) is 0 Å². The molecule has 0 spiro atoms. The van der Waals surface area contributed by atoms with Gasteiger partial charge in [0.1, 0.15) is 0 Å². The van der Waals surface area contributed by atoms with Gasteiger partial charge in [-0.2, -0.15) is 4.98 Å². The van der Waals surface area contributed by atoms with Crippen molar-refractivity contribution in [2.45, 2.75) is 13.0 Å². The summed E-state index contributed by atoms with van der Waals surface area (Å²) in [5.41, 5.74) is 9.22. The van der Waals surface area contributed by atoms with Crippen molar-refractivity contribution < 1.29 is 4.52 Å². The molecule has 2 N–H and O–H groups in total. The van der Waals surface area contributed by atoms with Crippen LogP contribution >= 0.6 is 0 Å². The topological polar surface area (TPSA) is 68.2 Å². The van der Waals surface area contributed by atoms with E-state index in [2.05, 4.69) is 21.1 Å². The van der Waals surface area contributed by atoms with Crippen LogP contribution in [0.3, 0.4) is 0 Å². The van der Waals surface area contributed by atoms with Crippen LogP contribution in [0, 0.1) is 0 Å². The molecule has 1 aromatic carbocycles. The Labute approximate surface area is 92.9 Å². The van der Waals surface area contributed by atoms with Gasteiger partial charge in [-0.15, -0.1) is 0 Å². The Bertz CT molecular complexity index is 495. The number of benzene rings is 1. The predicted octanol–water partition coefficient (Wildman–Crippen LogP) is 1.21. The lowest BCUT2D eigenvalue weighted by Gasteiger charge is -2.18. The van der Waals surface area contributed by atoms with Crippen molar-refractivity contribution in [2.75, 3.05) is 17.2 Å². The minimum absolute atomic E-state index is 0.651. The first-order chi connectivity index (χ1) is 7.84. The van der Waals surface area contributed by atoms with E-state index in [0.29, 0.717) is 12.4 Å². The van der Waals surface area contributed by atoms with Gasteiger partial charge in [0.05, 0.1) is 17.9 Å². The highest BCUT2D eigenvalue weighted by Crippen LogP contribution is 2.34. The Kier molecular flexibility index (Phi) is 2.02. The highest BCUT2D eigenvalue weighted by Gasteiger charge is 2.22. The second-order valence-electron chi connectivity index (χ2n) is 3.87. The summed E-state index contributed by atoms with van der Waals surface area (Å²) in [6, 6.07) is 6.03. The number of hydrogen-bond donors (Lipinski definition) is 1. The molecule has 0 unspecified atom stereocenters. The van der Waals surface area contributed by atoms with Crippen LogP contribution in [0.2, 0.25) is 0 Å². The third-order valence-corrected chi connectivity index (χ3v) is 2.86. The number of nitrogens with zero attached hydrogens (tertiary/aromatic N) is 3. The average Bonchev–Trinajstić information content (AvgIpc) is 2.90. The van der Waals surface area contributed by atoms with E-state index in [9.17, 15) is 0 Å². The zero-order valence-electron chi connectivity index (χ0n) is 8.76. The molecular formula is C11H12N4O. The third-order valence-electron chi connectivity index (χ3n) is 2.86. The van der Waals surface area contributed by atoms with Crippen LogP contribution in [0.5, 0.6) is 0 Å². The van der Waals surface area contributed by atoms with Gasteiger partial charge in [-0.05, 0) is 18.1 Å². The van der Waals surface area contributed by atoms with E-state index in [-0.39, 0.29) is 0 Å². The summed E-state index contributed by atoms with van der Waals surface area (Å²) in [5, 5.41) is 3.81. The molecule has 0 bridgehead atoms. The summed E-state index contributed by atoms with van der Waals surface area (Å²) in [7, 11) is 0. The lowest BCUT2D eigenvalue weighted by molar-refractivity contribution is 0.409. The Morgan fingerprint density at radius 1 is 1.44 bits per heavy atom. The van der Waals surface area contributed by atoms with Crippen molar-refractivity contribution in [3.05, 3.63) is 36.0 Å². The normalized spacial score (nSPS) is 14.1. The van der Waals surface area contributed by atoms with Gasteiger partial charge < -0.3 is 15.2 Å². The fraction of sp³-hybridized carbons (Fsp3) is 0.273. The SMILES string of the molecule is Nc1cccc2c1N(Cc1ncon1)CC2. The number of rotatable bonds is 2. The number of nitrogens with two attached hydrogens (primary N) is 1. The zero-order valence-corrected chi connectivity index (χ0v) is 8.76. The maximum atomic E-state index is 5.99. The van der Waals surface area contributed by atoms with E-state index < -0.39 is 0 Å². The van der Waals surface area contributed by atoms with Crippen molar-refractivity contribution in [1.29, 1.82) is 0 Å². The smallest absolute Gasteiger partial charge is 0.213 e. The molecule has 0 atom stereocenters. The summed E-state index contributed by atoms with van der Waals surface area (Å²) in [6.07, 6.45) is 2.37. The molecule has 2 heterocycles. The zero-order chi connectivity index (χ0) is 11.0. The largest absolute Gasteiger partial charge is 0.397 e. The summed E-state index contributed by atoms with van der Waals surface area (Å²) < 4.78 is 4.72. The number of hydrogen-bond acceptors (Lipinski definition) is 5. The predicted molar refractivity (Wildman–Crippen MR) is 59.9 cm³/mol. The Balaban J connectivity index is 1.91. The highest BCUT2D eigenvalue weighted by atomic mass is 16.5. The number of nitrogen functional groups attached to an aromatic ring is 1. The number of para-hydroxylation sites is 1. The highest BCUT2D eigenvalue weighted by molar-refractivity contribution is 5.74. The van der Waals surface area contributed by atoms with Gasteiger partial charge in [0.2, 0.25) is 6.39 Å². The lowest BCUT2D eigenvalue weighted by atomic mass is 10.1. The summed E-state index contributed by atoms with van der Waals surface area (Å²) in [5.74, 6) is 0.691. The minimum atomic E-state index is 0.651. The van der Waals surface area contributed by atoms with Gasteiger partial charge in [-0.1, -0.05) is 17.3 Å². The van der Waals surface area contributed by atoms with E-state index in [4.69, 9.17) is 10.3 Å². The van der Waals surface area contributed by atoms with Crippen LogP contribution in [0.4, 0.5) is 11.4 Å². The van der Waals surface area contributed by atoms with E-state index in [1.807, 2.05) is 12.1 Å². The fourth-order valence-electron chi connectivity index (χ4n) is 2.16. The van der Waals surface area contributed by atoms with Gasteiger partial charge in [0, 0.05) is 6.54 Å². The standard InChI is InChI=1S/C11H12N4O/c12-9-3-1-2-8-4-5-15(11(8)9)6-10-13-7-16-14-10/h1-3,7H,4-6,12H2. The monoisotopic (exact) mass is 216 g/mol. The summed E-state index contributed by atoms with van der Waals surface area (Å²) in [6.45, 7) is 1.61. The molecule has 1 aliphatic heterocycles. The van der Waals surface area contributed by atoms with Crippen molar-refractivity contribution >= 4 is 11.4 Å². The molecule has 3 rings (SSSR count). The molecular weight excluding hydrogens is 204 g/mol. The van der Waals surface area contributed by atoms with Gasteiger partial charge in [-0.25, -0.2) is 0 Å². The summed E-state index contributed by atoms with van der Waals surface area (Å²) >= 11 is 0. The van der Waals surface area contributed by atoms with Gasteiger partial charge in [-0.3, -0.25) is 0 Å². The first-order valence-electron chi connectivity index (χ1n) is 5.22. The maximum Gasteiger partial charge on any atom is 0.213 e. The van der Waals surface area contributed by atoms with Crippen LogP contribution in [-0.4, -0.2) is 16.7 Å². The second kappa shape index (κ2) is 3.52. The number of fused-ring (bicyclic) bond motifs is 1. The van der Waals surface area contributed by atoms with Crippen LogP contribution in [0.1, 0.15) is 11.4 Å². The molecule has 0 amide bonds. The summed E-state index contributed by atoms with van der Waals surface area (Å²) in [4.78, 5) is 6.21. The van der Waals surface area contributed by atoms with Crippen molar-refractivity contribution in [2.24, 2.45) is 0 Å². The molecule has 5 nitrogen and oxygen atoms in total. The third kappa shape index (κ3) is 1.41. The molecule has 5 heteroatoms. The molecule has 2 aromatic rings. The first-order valence-corrected chi connectivity index (χ1v) is 5.22. The van der Waals surface area contributed by atoms with E-state index in [1.165, 1.54) is 12.0 Å². The van der Waals surface area contributed by atoms with Crippen LogP contribution < -0.4 is 10.6 Å². The number of aromatic nitrogens is 2. The minimum Gasteiger partial charge on any atom is -0.397 e. The van der Waals surface area contributed by atoms with Gasteiger partial charge >= 0.3 is 0 Å². The Hall–Kier alpha value is -2.04. The molecule has 1 aliphatic rings. The quantitative estimate of drug-likeness (QED) is 0.764. The van der Waals surface area contributed by atoms with Gasteiger partial charge in [0.25, 0.3) is 0 Å². The van der Waals surface area contributed by atoms with Crippen LogP contribution in [0.25, 0.3) is 0 Å². The van der Waals surface area contributed by atoms with Gasteiger partial charge in [0.15, 0.2) is 5.82 Å². The molecule has 0 radical (unpaired) electrons. The van der Waals surface area contributed by atoms with Crippen LogP contribution in [0.15, 0.2) is 29.1 Å². The Morgan fingerprint density at radius 3 is 3.19 bits per heavy atom. The molecule has 0 saturated carbocycles. The average molecular weight is 216 g/mol. The molecule has 82 valence electrons.